The number of carbonyl (C=O) groups is 1. The van der Waals surface area contributed by atoms with Crippen molar-refractivity contribution in [3.63, 3.8) is 0 Å². The number of aliphatic carboxylic acids is 1. The number of carboxylic acids is 1. The average Bonchev–Trinajstić information content (AvgIpc) is 2.39. The maximum atomic E-state index is 14.0. The molecule has 0 saturated heterocycles. The summed E-state index contributed by atoms with van der Waals surface area (Å²) in [7, 11) is 1.42. The largest absolute Gasteiger partial charge is 0.494 e. The molecule has 0 radical (unpaired) electrons. The first kappa shape index (κ1) is 15.4. The Morgan fingerprint density at radius 2 is 2.21 bits per heavy atom. The lowest BCUT2D eigenvalue weighted by molar-refractivity contribution is -0.141. The Morgan fingerprint density at radius 1 is 1.53 bits per heavy atom. The number of nitrogens with zero attached hydrogens (tertiary/aromatic N) is 1. The molecule has 0 spiro atoms. The third-order valence-electron chi connectivity index (χ3n) is 3.06. The van der Waals surface area contributed by atoms with Crippen LogP contribution in [0.1, 0.15) is 19.4 Å². The Morgan fingerprint density at radius 3 is 2.74 bits per heavy atom. The van der Waals surface area contributed by atoms with E-state index in [-0.39, 0.29) is 11.6 Å². The number of hydrogen-bond donors (Lipinski definition) is 1. The molecule has 0 bridgehead atoms. The highest BCUT2D eigenvalue weighted by molar-refractivity contribution is 5.69. The normalized spacial score (nSPS) is 12.5. The fourth-order valence-electron chi connectivity index (χ4n) is 1.85. The minimum absolute atomic E-state index is 0.208. The van der Waals surface area contributed by atoms with E-state index in [1.165, 1.54) is 7.11 Å². The average molecular weight is 269 g/mol. The smallest absolute Gasteiger partial charge is 0.307 e. The highest BCUT2D eigenvalue weighted by Crippen LogP contribution is 2.21. The van der Waals surface area contributed by atoms with E-state index in [0.29, 0.717) is 25.2 Å². The van der Waals surface area contributed by atoms with Crippen molar-refractivity contribution in [2.45, 2.75) is 20.4 Å². The Balaban J connectivity index is 2.78. The van der Waals surface area contributed by atoms with Crippen LogP contribution in [0.2, 0.25) is 0 Å². The second-order valence-electron chi connectivity index (χ2n) is 4.50. The van der Waals surface area contributed by atoms with Gasteiger partial charge in [0.15, 0.2) is 11.6 Å². The Bertz CT molecular complexity index is 437. The molecule has 4 nitrogen and oxygen atoms in total. The molecule has 0 fully saturated rings. The van der Waals surface area contributed by atoms with Gasteiger partial charge in [-0.1, -0.05) is 26.0 Å². The first-order chi connectivity index (χ1) is 8.99. The van der Waals surface area contributed by atoms with Crippen molar-refractivity contribution in [3.8, 4) is 5.75 Å². The monoisotopic (exact) mass is 269 g/mol. The van der Waals surface area contributed by atoms with Gasteiger partial charge in [-0.15, -0.1) is 0 Å². The van der Waals surface area contributed by atoms with Gasteiger partial charge in [-0.3, -0.25) is 9.69 Å². The Labute approximate surface area is 112 Å². The van der Waals surface area contributed by atoms with Crippen LogP contribution in [0.25, 0.3) is 0 Å². The third kappa shape index (κ3) is 4.21. The van der Waals surface area contributed by atoms with Crippen molar-refractivity contribution in [1.29, 1.82) is 0 Å². The molecule has 0 aliphatic heterocycles. The molecule has 1 aromatic rings. The molecule has 19 heavy (non-hydrogen) atoms. The van der Waals surface area contributed by atoms with Gasteiger partial charge in [0.05, 0.1) is 13.0 Å². The third-order valence-corrected chi connectivity index (χ3v) is 3.06. The molecule has 5 heteroatoms. The zero-order valence-electron chi connectivity index (χ0n) is 11.5. The van der Waals surface area contributed by atoms with Crippen molar-refractivity contribution in [2.75, 3.05) is 20.2 Å². The van der Waals surface area contributed by atoms with Gasteiger partial charge in [-0.25, -0.2) is 4.39 Å². The summed E-state index contributed by atoms with van der Waals surface area (Å²) in [6.45, 7) is 4.99. The van der Waals surface area contributed by atoms with Crippen LogP contribution in [-0.4, -0.2) is 36.2 Å². The number of ether oxygens (including phenoxy) is 1. The maximum Gasteiger partial charge on any atom is 0.307 e. The van der Waals surface area contributed by atoms with Crippen molar-refractivity contribution in [2.24, 2.45) is 5.92 Å². The van der Waals surface area contributed by atoms with Crippen LogP contribution >= 0.6 is 0 Å². The summed E-state index contributed by atoms with van der Waals surface area (Å²) in [4.78, 5) is 12.7. The van der Waals surface area contributed by atoms with Gasteiger partial charge in [0.2, 0.25) is 0 Å². The second kappa shape index (κ2) is 7.09. The van der Waals surface area contributed by atoms with E-state index in [9.17, 15) is 9.18 Å². The van der Waals surface area contributed by atoms with Crippen molar-refractivity contribution < 1.29 is 19.0 Å². The molecule has 0 amide bonds. The van der Waals surface area contributed by atoms with Crippen LogP contribution in [0.5, 0.6) is 5.75 Å². The van der Waals surface area contributed by atoms with E-state index >= 15 is 0 Å². The number of carboxylic acid groups (broad SMARTS) is 1. The van der Waals surface area contributed by atoms with Crippen LogP contribution in [0, 0.1) is 11.7 Å². The summed E-state index contributed by atoms with van der Waals surface area (Å²) in [5.74, 6) is -1.50. The van der Waals surface area contributed by atoms with Gasteiger partial charge in [-0.2, -0.15) is 0 Å². The maximum absolute atomic E-state index is 14.0. The number of hydrogen-bond acceptors (Lipinski definition) is 3. The van der Waals surface area contributed by atoms with Gasteiger partial charge in [0, 0.05) is 18.7 Å². The van der Waals surface area contributed by atoms with Gasteiger partial charge in [0.1, 0.15) is 0 Å². The van der Waals surface area contributed by atoms with E-state index in [1.54, 1.807) is 25.1 Å². The lowest BCUT2D eigenvalue weighted by atomic mass is 10.1. The molecule has 1 unspecified atom stereocenters. The fraction of sp³-hybridized carbons (Fsp3) is 0.500. The van der Waals surface area contributed by atoms with Crippen LogP contribution in [0.3, 0.4) is 0 Å². The van der Waals surface area contributed by atoms with Crippen LogP contribution in [-0.2, 0) is 11.3 Å². The standard InChI is InChI=1S/C14H20FNO3/c1-4-16(8-10(2)14(17)18)9-11-6-5-7-12(19-3)13(11)15/h5-7,10H,4,8-9H2,1-3H3,(H,17,18). The molecule has 106 valence electrons. The van der Waals surface area contributed by atoms with Crippen LogP contribution in [0.15, 0.2) is 18.2 Å². The summed E-state index contributed by atoms with van der Waals surface area (Å²) in [6.07, 6.45) is 0. The minimum atomic E-state index is -0.843. The summed E-state index contributed by atoms with van der Waals surface area (Å²) in [6, 6.07) is 4.98. The van der Waals surface area contributed by atoms with Gasteiger partial charge in [0.25, 0.3) is 0 Å². The quantitative estimate of drug-likeness (QED) is 0.825. The number of methoxy groups -OCH3 is 1. The zero-order valence-corrected chi connectivity index (χ0v) is 11.5. The molecular formula is C14H20FNO3. The molecule has 1 rings (SSSR count). The van der Waals surface area contributed by atoms with E-state index in [0.717, 1.165) is 0 Å². The molecule has 0 aliphatic carbocycles. The lowest BCUT2D eigenvalue weighted by Gasteiger charge is -2.23. The highest BCUT2D eigenvalue weighted by atomic mass is 19.1. The molecule has 0 aliphatic rings. The van der Waals surface area contributed by atoms with Gasteiger partial charge < -0.3 is 9.84 Å². The van der Waals surface area contributed by atoms with Gasteiger partial charge >= 0.3 is 5.97 Å². The van der Waals surface area contributed by atoms with E-state index in [2.05, 4.69) is 0 Å². The van der Waals surface area contributed by atoms with Crippen molar-refractivity contribution in [1.82, 2.24) is 4.90 Å². The highest BCUT2D eigenvalue weighted by Gasteiger charge is 2.17. The van der Waals surface area contributed by atoms with Crippen LogP contribution in [0.4, 0.5) is 4.39 Å². The predicted octanol–water partition coefficient (Wildman–Crippen LogP) is 2.38. The summed E-state index contributed by atoms with van der Waals surface area (Å²) < 4.78 is 18.9. The SMILES string of the molecule is CCN(Cc1cccc(OC)c1F)CC(C)C(=O)O. The summed E-state index contributed by atoms with van der Waals surface area (Å²) in [5, 5.41) is 8.91. The second-order valence-corrected chi connectivity index (χ2v) is 4.50. The first-order valence-corrected chi connectivity index (χ1v) is 6.26. The van der Waals surface area contributed by atoms with Gasteiger partial charge in [-0.05, 0) is 12.6 Å². The Kier molecular flexibility index (Phi) is 5.76. The van der Waals surface area contributed by atoms with Crippen molar-refractivity contribution in [3.05, 3.63) is 29.6 Å². The number of halogens is 1. The number of rotatable bonds is 7. The fourth-order valence-corrected chi connectivity index (χ4v) is 1.85. The Hall–Kier alpha value is -1.62. The van der Waals surface area contributed by atoms with E-state index in [4.69, 9.17) is 9.84 Å². The van der Waals surface area contributed by atoms with Crippen LogP contribution < -0.4 is 4.74 Å². The van der Waals surface area contributed by atoms with Crippen molar-refractivity contribution >= 4 is 5.97 Å². The molecule has 1 N–H and O–H groups in total. The molecule has 1 atom stereocenters. The summed E-state index contributed by atoms with van der Waals surface area (Å²) >= 11 is 0. The molecule has 1 aromatic carbocycles. The molecule has 0 saturated carbocycles. The molecule has 0 aromatic heterocycles. The number of benzene rings is 1. The van der Waals surface area contributed by atoms with E-state index < -0.39 is 11.9 Å². The molecular weight excluding hydrogens is 249 g/mol. The summed E-state index contributed by atoms with van der Waals surface area (Å²) in [5.41, 5.74) is 0.513. The topological polar surface area (TPSA) is 49.8 Å². The first-order valence-electron chi connectivity index (χ1n) is 6.26. The lowest BCUT2D eigenvalue weighted by Crippen LogP contribution is -2.31. The minimum Gasteiger partial charge on any atom is -0.494 e. The predicted molar refractivity (Wildman–Crippen MR) is 70.7 cm³/mol. The van der Waals surface area contributed by atoms with E-state index in [1.807, 2.05) is 11.8 Å². The molecule has 0 heterocycles. The zero-order chi connectivity index (χ0) is 14.4.